The van der Waals surface area contributed by atoms with E-state index in [1.807, 2.05) is 0 Å². The summed E-state index contributed by atoms with van der Waals surface area (Å²) in [4.78, 5) is 20.5. The number of carbonyl (C=O) groups excluding carboxylic acids is 1. The number of carbonyl (C=O) groups is 1. The van der Waals surface area contributed by atoms with Crippen LogP contribution in [-0.4, -0.2) is 21.6 Å². The Bertz CT molecular complexity index is 1140. The van der Waals surface area contributed by atoms with Gasteiger partial charge in [-0.05, 0) is 38.1 Å². The number of hydrogen-bond acceptors (Lipinski definition) is 3. The van der Waals surface area contributed by atoms with Crippen LogP contribution in [0.15, 0.2) is 78.0 Å². The summed E-state index contributed by atoms with van der Waals surface area (Å²) >= 11 is 1.50. The van der Waals surface area contributed by atoms with Crippen molar-refractivity contribution in [3.8, 4) is 22.5 Å². The molecule has 1 aromatic heterocycles. The summed E-state index contributed by atoms with van der Waals surface area (Å²) in [5.41, 5.74) is 6.96. The summed E-state index contributed by atoms with van der Waals surface area (Å²) in [5.74, 6) is 0.125. The number of benzene rings is 3. The van der Waals surface area contributed by atoms with Crippen molar-refractivity contribution in [2.24, 2.45) is 0 Å². The second kappa shape index (κ2) is 9.83. The van der Waals surface area contributed by atoms with Crippen molar-refractivity contribution < 1.29 is 9.18 Å². The molecule has 32 heavy (non-hydrogen) atoms. The van der Waals surface area contributed by atoms with Crippen LogP contribution in [0.3, 0.4) is 0 Å². The van der Waals surface area contributed by atoms with Gasteiger partial charge in [0.1, 0.15) is 5.82 Å². The molecule has 0 aliphatic carbocycles. The third kappa shape index (κ3) is 5.45. The van der Waals surface area contributed by atoms with Crippen LogP contribution in [0.5, 0.6) is 0 Å². The molecule has 6 heteroatoms. The van der Waals surface area contributed by atoms with Crippen LogP contribution in [0.25, 0.3) is 22.5 Å². The summed E-state index contributed by atoms with van der Waals surface area (Å²) in [6.07, 6.45) is 0.322. The maximum absolute atomic E-state index is 13.0. The van der Waals surface area contributed by atoms with Gasteiger partial charge in [-0.2, -0.15) is 0 Å². The summed E-state index contributed by atoms with van der Waals surface area (Å²) < 4.78 is 13.0. The first-order valence-electron chi connectivity index (χ1n) is 10.4. The van der Waals surface area contributed by atoms with Gasteiger partial charge < -0.3 is 10.3 Å². The number of H-pyrrole nitrogens is 1. The Hall–Kier alpha value is -3.38. The van der Waals surface area contributed by atoms with E-state index in [0.717, 1.165) is 27.7 Å². The lowest BCUT2D eigenvalue weighted by Crippen LogP contribution is -2.12. The monoisotopic (exact) mass is 445 g/mol. The fourth-order valence-electron chi connectivity index (χ4n) is 3.27. The Morgan fingerprint density at radius 2 is 1.50 bits per heavy atom. The number of aromatic nitrogens is 2. The average molecular weight is 446 g/mol. The highest BCUT2D eigenvalue weighted by Crippen LogP contribution is 2.33. The lowest BCUT2D eigenvalue weighted by molar-refractivity contribution is -0.115. The number of aryl methyl sites for hydroxylation is 2. The number of hydrogen-bond donors (Lipinski definition) is 2. The van der Waals surface area contributed by atoms with E-state index in [1.54, 1.807) is 12.1 Å². The normalized spacial score (nSPS) is 10.8. The minimum absolute atomic E-state index is 0.117. The topological polar surface area (TPSA) is 57.8 Å². The molecule has 162 valence electrons. The van der Waals surface area contributed by atoms with E-state index >= 15 is 0 Å². The van der Waals surface area contributed by atoms with Gasteiger partial charge in [0.15, 0.2) is 5.16 Å². The number of rotatable bonds is 7. The van der Waals surface area contributed by atoms with Crippen LogP contribution in [0, 0.1) is 19.7 Å². The predicted octanol–water partition coefficient (Wildman–Crippen LogP) is 6.62. The zero-order chi connectivity index (χ0) is 22.5. The molecular formula is C26H24FN3OS. The van der Waals surface area contributed by atoms with Gasteiger partial charge >= 0.3 is 0 Å². The van der Waals surface area contributed by atoms with Crippen LogP contribution in [-0.2, 0) is 4.79 Å². The van der Waals surface area contributed by atoms with E-state index in [-0.39, 0.29) is 11.7 Å². The number of nitrogens with one attached hydrogen (secondary N) is 2. The second-order valence-electron chi connectivity index (χ2n) is 7.65. The average Bonchev–Trinajstić information content (AvgIpc) is 3.20. The highest BCUT2D eigenvalue weighted by molar-refractivity contribution is 7.99. The van der Waals surface area contributed by atoms with Gasteiger partial charge in [-0.15, -0.1) is 0 Å². The Kier molecular flexibility index (Phi) is 6.71. The van der Waals surface area contributed by atoms with Gasteiger partial charge in [0.25, 0.3) is 0 Å². The molecule has 0 aliphatic heterocycles. The first-order chi connectivity index (χ1) is 15.5. The van der Waals surface area contributed by atoms with Crippen molar-refractivity contribution in [2.45, 2.75) is 25.4 Å². The number of imidazole rings is 1. The zero-order valence-corrected chi connectivity index (χ0v) is 18.8. The molecule has 2 N–H and O–H groups in total. The number of anilines is 1. The summed E-state index contributed by atoms with van der Waals surface area (Å²) in [6.45, 7) is 4.13. The minimum atomic E-state index is -0.329. The van der Waals surface area contributed by atoms with Crippen molar-refractivity contribution in [1.29, 1.82) is 0 Å². The van der Waals surface area contributed by atoms with Gasteiger partial charge in [0.05, 0.1) is 11.4 Å². The SMILES string of the molecule is Cc1ccc(-c2nc(SCCC(=O)Nc3ccc(F)cc3)[nH]c2-c2ccc(C)cc2)cc1. The quantitative estimate of drug-likeness (QED) is 0.314. The van der Waals surface area contributed by atoms with Gasteiger partial charge in [-0.1, -0.05) is 71.4 Å². The van der Waals surface area contributed by atoms with Crippen LogP contribution < -0.4 is 5.32 Å². The van der Waals surface area contributed by atoms with Crippen molar-refractivity contribution in [3.05, 3.63) is 89.7 Å². The molecule has 0 spiro atoms. The highest BCUT2D eigenvalue weighted by atomic mass is 32.2. The highest BCUT2D eigenvalue weighted by Gasteiger charge is 2.15. The fraction of sp³-hybridized carbons (Fsp3) is 0.154. The molecule has 1 heterocycles. The minimum Gasteiger partial charge on any atom is -0.332 e. The number of halogens is 1. The van der Waals surface area contributed by atoms with Gasteiger partial charge in [-0.3, -0.25) is 4.79 Å². The van der Waals surface area contributed by atoms with Crippen molar-refractivity contribution in [1.82, 2.24) is 9.97 Å². The lowest BCUT2D eigenvalue weighted by Gasteiger charge is -2.04. The van der Waals surface area contributed by atoms with Crippen molar-refractivity contribution in [2.75, 3.05) is 11.1 Å². The zero-order valence-electron chi connectivity index (χ0n) is 18.0. The number of amides is 1. The third-order valence-electron chi connectivity index (χ3n) is 5.04. The Morgan fingerprint density at radius 1 is 0.906 bits per heavy atom. The molecule has 0 fully saturated rings. The van der Waals surface area contributed by atoms with E-state index in [4.69, 9.17) is 4.98 Å². The lowest BCUT2D eigenvalue weighted by atomic mass is 10.0. The van der Waals surface area contributed by atoms with E-state index in [0.29, 0.717) is 17.9 Å². The smallest absolute Gasteiger partial charge is 0.225 e. The maximum Gasteiger partial charge on any atom is 0.225 e. The number of thioether (sulfide) groups is 1. The molecule has 0 saturated carbocycles. The molecule has 3 aromatic carbocycles. The third-order valence-corrected chi connectivity index (χ3v) is 5.92. The van der Waals surface area contributed by atoms with Gasteiger partial charge in [0.2, 0.25) is 5.91 Å². The van der Waals surface area contributed by atoms with E-state index in [2.05, 4.69) is 72.7 Å². The molecule has 0 atom stereocenters. The summed E-state index contributed by atoms with van der Waals surface area (Å²) in [7, 11) is 0. The van der Waals surface area contributed by atoms with E-state index in [1.165, 1.54) is 35.0 Å². The standard InChI is InChI=1S/C26H24FN3OS/c1-17-3-7-19(8-4-17)24-25(20-9-5-18(2)6-10-20)30-26(29-24)32-16-15-23(31)28-22-13-11-21(27)12-14-22/h3-14H,15-16H2,1-2H3,(H,28,31)(H,29,30). The van der Waals surface area contributed by atoms with Crippen LogP contribution >= 0.6 is 11.8 Å². The molecule has 0 saturated heterocycles. The molecule has 4 nitrogen and oxygen atoms in total. The van der Waals surface area contributed by atoms with Gasteiger partial charge in [-0.25, -0.2) is 9.37 Å². The van der Waals surface area contributed by atoms with E-state index < -0.39 is 0 Å². The fourth-order valence-corrected chi connectivity index (χ4v) is 4.08. The molecule has 0 unspecified atom stereocenters. The van der Waals surface area contributed by atoms with Crippen molar-refractivity contribution in [3.63, 3.8) is 0 Å². The summed E-state index contributed by atoms with van der Waals surface area (Å²) in [6, 6.07) is 22.4. The number of nitrogens with zero attached hydrogens (tertiary/aromatic N) is 1. The molecule has 4 aromatic rings. The Labute approximate surface area is 191 Å². The largest absolute Gasteiger partial charge is 0.332 e. The molecular weight excluding hydrogens is 421 g/mol. The van der Waals surface area contributed by atoms with Crippen LogP contribution in [0.4, 0.5) is 10.1 Å². The molecule has 0 aliphatic rings. The van der Waals surface area contributed by atoms with Gasteiger partial charge in [0, 0.05) is 29.0 Å². The predicted molar refractivity (Wildman–Crippen MR) is 129 cm³/mol. The van der Waals surface area contributed by atoms with Crippen LogP contribution in [0.1, 0.15) is 17.5 Å². The first kappa shape index (κ1) is 21.8. The molecule has 4 rings (SSSR count). The Balaban J connectivity index is 1.48. The molecule has 0 bridgehead atoms. The van der Waals surface area contributed by atoms with E-state index in [9.17, 15) is 9.18 Å². The van der Waals surface area contributed by atoms with Crippen LogP contribution in [0.2, 0.25) is 0 Å². The summed E-state index contributed by atoms with van der Waals surface area (Å²) in [5, 5.41) is 3.55. The van der Waals surface area contributed by atoms with Crippen molar-refractivity contribution >= 4 is 23.4 Å². The maximum atomic E-state index is 13.0. The second-order valence-corrected chi connectivity index (χ2v) is 8.73. The number of aromatic amines is 1. The Morgan fingerprint density at radius 3 is 2.12 bits per heavy atom. The molecule has 1 amide bonds. The molecule has 0 radical (unpaired) electrons. The first-order valence-corrected chi connectivity index (χ1v) is 11.4.